The van der Waals surface area contributed by atoms with Crippen molar-refractivity contribution in [3.05, 3.63) is 102 Å². The molecule has 0 unspecified atom stereocenters. The van der Waals surface area contributed by atoms with Gasteiger partial charge in [0.2, 0.25) is 5.28 Å². The number of aromatic nitrogens is 3. The van der Waals surface area contributed by atoms with Crippen LogP contribution >= 0.6 is 11.6 Å². The number of benzene rings is 5. The van der Waals surface area contributed by atoms with Crippen molar-refractivity contribution in [2.75, 3.05) is 0 Å². The van der Waals surface area contributed by atoms with Crippen LogP contribution in [0.2, 0.25) is 5.28 Å². The van der Waals surface area contributed by atoms with Gasteiger partial charge in [-0.15, -0.1) is 0 Å². The number of hydrogen-bond donors (Lipinski definition) is 0. The van der Waals surface area contributed by atoms with E-state index in [1.54, 1.807) is 0 Å². The molecule has 0 aliphatic heterocycles. The first-order valence-corrected chi connectivity index (χ1v) is 10.5. The van der Waals surface area contributed by atoms with Crippen LogP contribution in [0.15, 0.2) is 97.1 Å². The molecule has 6 rings (SSSR count). The van der Waals surface area contributed by atoms with Crippen LogP contribution in [0.4, 0.5) is 0 Å². The Bertz CT molecular complexity index is 1610. The average Bonchev–Trinajstić information content (AvgIpc) is 2.83. The molecule has 0 aliphatic carbocycles. The Balaban J connectivity index is 1.49. The van der Waals surface area contributed by atoms with Crippen LogP contribution in [-0.2, 0) is 0 Å². The Kier molecular flexibility index (Phi) is 4.15. The normalized spacial score (nSPS) is 11.4. The molecule has 0 saturated heterocycles. The molecule has 1 heterocycles. The largest absolute Gasteiger partial charge is 0.226 e. The van der Waals surface area contributed by atoms with Gasteiger partial charge < -0.3 is 0 Å². The molecule has 5 aromatic carbocycles. The van der Waals surface area contributed by atoms with Crippen LogP contribution in [0, 0.1) is 0 Å². The molecular formula is C27H16ClN3. The van der Waals surface area contributed by atoms with E-state index in [2.05, 4.69) is 82.8 Å². The second kappa shape index (κ2) is 7.15. The molecule has 0 spiro atoms. The third-order valence-corrected chi connectivity index (χ3v) is 5.79. The molecule has 4 heteroatoms. The predicted molar refractivity (Wildman–Crippen MR) is 128 cm³/mol. The van der Waals surface area contributed by atoms with Crippen molar-refractivity contribution >= 4 is 43.9 Å². The Hall–Kier alpha value is -3.82. The minimum atomic E-state index is 0.187. The van der Waals surface area contributed by atoms with Gasteiger partial charge in [0.1, 0.15) is 0 Å². The van der Waals surface area contributed by atoms with Gasteiger partial charge in [0.15, 0.2) is 11.6 Å². The van der Waals surface area contributed by atoms with Crippen molar-refractivity contribution < 1.29 is 0 Å². The number of hydrogen-bond acceptors (Lipinski definition) is 3. The Labute approximate surface area is 184 Å². The van der Waals surface area contributed by atoms with Crippen LogP contribution in [0.5, 0.6) is 0 Å². The molecule has 0 radical (unpaired) electrons. The van der Waals surface area contributed by atoms with Crippen molar-refractivity contribution in [1.82, 2.24) is 15.0 Å². The van der Waals surface area contributed by atoms with Gasteiger partial charge in [0.25, 0.3) is 0 Å². The second-order valence-electron chi connectivity index (χ2n) is 7.54. The highest BCUT2D eigenvalue weighted by atomic mass is 35.5. The van der Waals surface area contributed by atoms with Gasteiger partial charge in [-0.1, -0.05) is 84.9 Å². The van der Waals surface area contributed by atoms with E-state index in [0.717, 1.165) is 21.9 Å². The van der Waals surface area contributed by atoms with Gasteiger partial charge in [-0.05, 0) is 56.1 Å². The standard InChI is InChI=1S/C27H16ClN3/c28-27-30-25(21-12-9-17-5-1-2-7-19(17)15-21)29-26(31-27)22-13-14-24-20(16-22)11-10-18-6-3-4-8-23(18)24/h1-16H. The molecule has 0 aliphatic rings. The summed E-state index contributed by atoms with van der Waals surface area (Å²) >= 11 is 6.30. The first kappa shape index (κ1) is 18.0. The number of fused-ring (bicyclic) bond motifs is 4. The fourth-order valence-corrected chi connectivity index (χ4v) is 4.25. The summed E-state index contributed by atoms with van der Waals surface area (Å²) in [7, 11) is 0. The maximum Gasteiger partial charge on any atom is 0.226 e. The highest BCUT2D eigenvalue weighted by Gasteiger charge is 2.11. The van der Waals surface area contributed by atoms with Crippen LogP contribution in [0.1, 0.15) is 0 Å². The maximum atomic E-state index is 6.30. The summed E-state index contributed by atoms with van der Waals surface area (Å²) in [6.45, 7) is 0. The average molecular weight is 418 g/mol. The topological polar surface area (TPSA) is 38.7 Å². The first-order valence-electron chi connectivity index (χ1n) is 10.1. The lowest BCUT2D eigenvalue weighted by atomic mass is 10.00. The summed E-state index contributed by atoms with van der Waals surface area (Å²) in [4.78, 5) is 13.5. The summed E-state index contributed by atoms with van der Waals surface area (Å²) in [5.41, 5.74) is 1.82. The molecule has 6 aromatic rings. The van der Waals surface area contributed by atoms with E-state index in [4.69, 9.17) is 16.6 Å². The molecule has 0 atom stereocenters. The van der Waals surface area contributed by atoms with Crippen LogP contribution in [0.25, 0.3) is 55.1 Å². The lowest BCUT2D eigenvalue weighted by Gasteiger charge is -2.08. The molecule has 146 valence electrons. The van der Waals surface area contributed by atoms with Crippen molar-refractivity contribution in [1.29, 1.82) is 0 Å². The van der Waals surface area contributed by atoms with E-state index in [-0.39, 0.29) is 5.28 Å². The van der Waals surface area contributed by atoms with Crippen molar-refractivity contribution in [2.24, 2.45) is 0 Å². The van der Waals surface area contributed by atoms with Crippen LogP contribution in [-0.4, -0.2) is 15.0 Å². The Morgan fingerprint density at radius 2 is 1.00 bits per heavy atom. The molecule has 3 nitrogen and oxygen atoms in total. The van der Waals surface area contributed by atoms with Gasteiger partial charge >= 0.3 is 0 Å². The lowest BCUT2D eigenvalue weighted by Crippen LogP contribution is -1.97. The fraction of sp³-hybridized carbons (Fsp3) is 0. The highest BCUT2D eigenvalue weighted by Crippen LogP contribution is 2.30. The Morgan fingerprint density at radius 3 is 1.81 bits per heavy atom. The molecule has 0 fully saturated rings. The lowest BCUT2D eigenvalue weighted by molar-refractivity contribution is 1.07. The van der Waals surface area contributed by atoms with Gasteiger partial charge in [-0.25, -0.2) is 4.98 Å². The second-order valence-corrected chi connectivity index (χ2v) is 7.87. The summed E-state index contributed by atoms with van der Waals surface area (Å²) < 4.78 is 0. The molecule has 0 N–H and O–H groups in total. The smallest absolute Gasteiger partial charge is 0.208 e. The quantitative estimate of drug-likeness (QED) is 0.277. The fourth-order valence-electron chi connectivity index (χ4n) is 4.09. The van der Waals surface area contributed by atoms with Crippen molar-refractivity contribution in [3.8, 4) is 22.8 Å². The number of nitrogens with zero attached hydrogens (tertiary/aromatic N) is 3. The molecule has 0 amide bonds. The maximum absolute atomic E-state index is 6.30. The summed E-state index contributed by atoms with van der Waals surface area (Å²) in [6, 6.07) is 33.4. The van der Waals surface area contributed by atoms with Gasteiger partial charge in [-0.2, -0.15) is 9.97 Å². The van der Waals surface area contributed by atoms with Crippen LogP contribution in [0.3, 0.4) is 0 Å². The summed E-state index contributed by atoms with van der Waals surface area (Å²) in [6.07, 6.45) is 0. The van der Waals surface area contributed by atoms with E-state index in [1.807, 2.05) is 24.3 Å². The summed E-state index contributed by atoms with van der Waals surface area (Å²) in [5.74, 6) is 1.14. The minimum Gasteiger partial charge on any atom is -0.208 e. The van der Waals surface area contributed by atoms with Gasteiger partial charge in [0, 0.05) is 11.1 Å². The molecule has 31 heavy (non-hydrogen) atoms. The van der Waals surface area contributed by atoms with Gasteiger partial charge in [-0.3, -0.25) is 0 Å². The van der Waals surface area contributed by atoms with Crippen molar-refractivity contribution in [2.45, 2.75) is 0 Å². The molecule has 0 saturated carbocycles. The zero-order valence-electron chi connectivity index (χ0n) is 16.5. The Morgan fingerprint density at radius 1 is 0.452 bits per heavy atom. The molecular weight excluding hydrogens is 402 g/mol. The number of halogens is 1. The zero-order chi connectivity index (χ0) is 20.8. The van der Waals surface area contributed by atoms with E-state index >= 15 is 0 Å². The molecule has 1 aromatic heterocycles. The van der Waals surface area contributed by atoms with Crippen LogP contribution < -0.4 is 0 Å². The van der Waals surface area contributed by atoms with E-state index in [0.29, 0.717) is 11.6 Å². The SMILES string of the molecule is Clc1nc(-c2ccc3ccccc3c2)nc(-c2ccc3c(ccc4ccccc43)c2)n1. The summed E-state index contributed by atoms with van der Waals surface area (Å²) in [5, 5.41) is 7.30. The third kappa shape index (κ3) is 3.20. The van der Waals surface area contributed by atoms with E-state index in [1.165, 1.54) is 21.5 Å². The van der Waals surface area contributed by atoms with Gasteiger partial charge in [0.05, 0.1) is 0 Å². The van der Waals surface area contributed by atoms with Crippen molar-refractivity contribution in [3.63, 3.8) is 0 Å². The minimum absolute atomic E-state index is 0.187. The van der Waals surface area contributed by atoms with E-state index in [9.17, 15) is 0 Å². The third-order valence-electron chi connectivity index (χ3n) is 5.62. The zero-order valence-corrected chi connectivity index (χ0v) is 17.2. The molecule has 0 bridgehead atoms. The number of rotatable bonds is 2. The predicted octanol–water partition coefficient (Wildman–Crippen LogP) is 7.32. The highest BCUT2D eigenvalue weighted by molar-refractivity contribution is 6.28. The first-order chi connectivity index (χ1) is 15.2. The van der Waals surface area contributed by atoms with E-state index < -0.39 is 0 Å². The monoisotopic (exact) mass is 417 g/mol.